The summed E-state index contributed by atoms with van der Waals surface area (Å²) in [6.45, 7) is 0. The fourth-order valence-electron chi connectivity index (χ4n) is 3.16. The van der Waals surface area contributed by atoms with Crippen molar-refractivity contribution in [2.45, 2.75) is 44.9 Å². The Bertz CT molecular complexity index is 492. The predicted octanol–water partition coefficient (Wildman–Crippen LogP) is 3.12. The molecule has 94 valence electrons. The molecule has 2 aliphatic rings. The Morgan fingerprint density at radius 1 is 1.00 bits per heavy atom. The minimum Gasteiger partial charge on any atom is -0.300 e. The zero-order valence-electron chi connectivity index (χ0n) is 10.6. The van der Waals surface area contributed by atoms with Gasteiger partial charge in [-0.05, 0) is 49.3 Å². The van der Waals surface area contributed by atoms with Crippen LogP contribution >= 0.6 is 0 Å². The zero-order valence-corrected chi connectivity index (χ0v) is 10.6. The van der Waals surface area contributed by atoms with Crippen LogP contribution in [0.4, 0.5) is 0 Å². The Balaban J connectivity index is 1.78. The second kappa shape index (κ2) is 4.68. The van der Waals surface area contributed by atoms with Crippen LogP contribution in [-0.4, -0.2) is 11.6 Å². The highest BCUT2D eigenvalue weighted by molar-refractivity contribution is 5.99. The number of ketones is 2. The molecule has 1 aromatic rings. The van der Waals surface area contributed by atoms with Crippen molar-refractivity contribution in [3.05, 3.63) is 34.9 Å². The predicted molar refractivity (Wildman–Crippen MR) is 69.8 cm³/mol. The lowest BCUT2D eigenvalue weighted by Gasteiger charge is -2.19. The van der Waals surface area contributed by atoms with Gasteiger partial charge in [0.1, 0.15) is 5.78 Å². The summed E-state index contributed by atoms with van der Waals surface area (Å²) in [7, 11) is 0. The van der Waals surface area contributed by atoms with Gasteiger partial charge in [0.05, 0.1) is 0 Å². The molecular formula is C16H18O2. The molecule has 2 nitrogen and oxygen atoms in total. The molecule has 0 heterocycles. The van der Waals surface area contributed by atoms with Crippen molar-refractivity contribution >= 4 is 11.6 Å². The summed E-state index contributed by atoms with van der Waals surface area (Å²) in [4.78, 5) is 23.6. The van der Waals surface area contributed by atoms with E-state index in [9.17, 15) is 9.59 Å². The van der Waals surface area contributed by atoms with Crippen LogP contribution in [0.2, 0.25) is 0 Å². The van der Waals surface area contributed by atoms with Gasteiger partial charge in [0.25, 0.3) is 0 Å². The van der Waals surface area contributed by atoms with E-state index in [-0.39, 0.29) is 11.7 Å². The van der Waals surface area contributed by atoms with E-state index in [2.05, 4.69) is 12.1 Å². The van der Waals surface area contributed by atoms with Gasteiger partial charge in [0.2, 0.25) is 0 Å². The number of hydrogen-bond acceptors (Lipinski definition) is 2. The summed E-state index contributed by atoms with van der Waals surface area (Å²) >= 11 is 0. The molecule has 1 fully saturated rings. The van der Waals surface area contributed by atoms with Crippen LogP contribution in [0.1, 0.15) is 53.6 Å². The summed E-state index contributed by atoms with van der Waals surface area (Å²) in [6, 6.07) is 6.17. The second-order valence-electron chi connectivity index (χ2n) is 5.51. The molecule has 2 heteroatoms. The maximum atomic E-state index is 12.4. The molecule has 0 atom stereocenters. The fourth-order valence-corrected chi connectivity index (χ4v) is 3.16. The van der Waals surface area contributed by atoms with E-state index in [0.29, 0.717) is 18.6 Å². The first kappa shape index (κ1) is 11.6. The first-order valence-electron chi connectivity index (χ1n) is 6.92. The molecule has 0 spiro atoms. The van der Waals surface area contributed by atoms with E-state index in [1.54, 1.807) is 0 Å². The third-order valence-electron chi connectivity index (χ3n) is 4.30. The van der Waals surface area contributed by atoms with Crippen molar-refractivity contribution < 1.29 is 9.59 Å². The Kier molecular flexibility index (Phi) is 3.02. The molecule has 0 saturated heterocycles. The molecule has 0 aromatic heterocycles. The number of aryl methyl sites for hydroxylation is 2. The highest BCUT2D eigenvalue weighted by Crippen LogP contribution is 2.28. The van der Waals surface area contributed by atoms with Gasteiger partial charge < -0.3 is 0 Å². The van der Waals surface area contributed by atoms with Gasteiger partial charge in [-0.15, -0.1) is 0 Å². The molecule has 0 amide bonds. The first-order chi connectivity index (χ1) is 8.74. The number of benzene rings is 1. The number of fused-ring (bicyclic) bond motifs is 1. The standard InChI is InChI=1S/C16H18O2/c17-15-8-6-12(7-9-15)16(18)14-5-4-11-2-1-3-13(11)10-14/h4-5,10,12H,1-3,6-9H2. The lowest BCUT2D eigenvalue weighted by molar-refractivity contribution is -0.120. The Labute approximate surface area is 107 Å². The minimum atomic E-state index is 0.0714. The van der Waals surface area contributed by atoms with Crippen molar-refractivity contribution in [2.75, 3.05) is 0 Å². The molecule has 1 aromatic carbocycles. The van der Waals surface area contributed by atoms with Gasteiger partial charge in [-0.25, -0.2) is 0 Å². The van der Waals surface area contributed by atoms with Gasteiger partial charge >= 0.3 is 0 Å². The SMILES string of the molecule is O=C1CCC(C(=O)c2ccc3c(c2)CCC3)CC1. The van der Waals surface area contributed by atoms with Gasteiger partial charge in [0.15, 0.2) is 5.78 Å². The van der Waals surface area contributed by atoms with Crippen molar-refractivity contribution in [2.24, 2.45) is 5.92 Å². The zero-order chi connectivity index (χ0) is 12.5. The topological polar surface area (TPSA) is 34.1 Å². The van der Waals surface area contributed by atoms with Crippen LogP contribution in [0.3, 0.4) is 0 Å². The van der Waals surface area contributed by atoms with E-state index in [1.807, 2.05) is 6.07 Å². The average molecular weight is 242 g/mol. The van der Waals surface area contributed by atoms with Crippen LogP contribution in [-0.2, 0) is 17.6 Å². The first-order valence-corrected chi connectivity index (χ1v) is 6.92. The fraction of sp³-hybridized carbons (Fsp3) is 0.500. The maximum Gasteiger partial charge on any atom is 0.165 e. The van der Waals surface area contributed by atoms with Gasteiger partial charge in [-0.2, -0.15) is 0 Å². The van der Waals surface area contributed by atoms with E-state index in [1.165, 1.54) is 17.5 Å². The maximum absolute atomic E-state index is 12.4. The van der Waals surface area contributed by atoms with Crippen molar-refractivity contribution in [1.29, 1.82) is 0 Å². The number of carbonyl (C=O) groups is 2. The molecule has 3 rings (SSSR count). The Morgan fingerprint density at radius 2 is 1.72 bits per heavy atom. The third kappa shape index (κ3) is 2.12. The monoisotopic (exact) mass is 242 g/mol. The number of rotatable bonds is 2. The summed E-state index contributed by atoms with van der Waals surface area (Å²) < 4.78 is 0. The normalized spacial score (nSPS) is 19.9. The highest BCUT2D eigenvalue weighted by atomic mass is 16.1. The van der Waals surface area contributed by atoms with Crippen LogP contribution in [0, 0.1) is 5.92 Å². The van der Waals surface area contributed by atoms with Gasteiger partial charge in [-0.1, -0.05) is 12.1 Å². The van der Waals surface area contributed by atoms with Crippen molar-refractivity contribution in [3.63, 3.8) is 0 Å². The summed E-state index contributed by atoms with van der Waals surface area (Å²) in [5, 5.41) is 0. The van der Waals surface area contributed by atoms with Crippen LogP contribution in [0.5, 0.6) is 0 Å². The largest absolute Gasteiger partial charge is 0.300 e. The number of carbonyl (C=O) groups excluding carboxylic acids is 2. The quantitative estimate of drug-likeness (QED) is 0.747. The van der Waals surface area contributed by atoms with E-state index in [4.69, 9.17) is 0 Å². The molecule has 0 bridgehead atoms. The van der Waals surface area contributed by atoms with Crippen molar-refractivity contribution in [3.8, 4) is 0 Å². The summed E-state index contributed by atoms with van der Waals surface area (Å²) in [5.41, 5.74) is 3.62. The molecule has 0 radical (unpaired) electrons. The smallest absolute Gasteiger partial charge is 0.165 e. The molecular weight excluding hydrogens is 224 g/mol. The Morgan fingerprint density at radius 3 is 2.50 bits per heavy atom. The van der Waals surface area contributed by atoms with Gasteiger partial charge in [0, 0.05) is 24.3 Å². The lowest BCUT2D eigenvalue weighted by Crippen LogP contribution is -2.22. The molecule has 2 aliphatic carbocycles. The van der Waals surface area contributed by atoms with E-state index < -0.39 is 0 Å². The number of Topliss-reactive ketones (excluding diaryl/α,β-unsaturated/α-hetero) is 2. The molecule has 0 aliphatic heterocycles. The highest BCUT2D eigenvalue weighted by Gasteiger charge is 2.26. The molecule has 18 heavy (non-hydrogen) atoms. The lowest BCUT2D eigenvalue weighted by atomic mass is 9.83. The second-order valence-corrected chi connectivity index (χ2v) is 5.51. The van der Waals surface area contributed by atoms with Crippen LogP contribution in [0.25, 0.3) is 0 Å². The molecule has 0 unspecified atom stereocenters. The van der Waals surface area contributed by atoms with Gasteiger partial charge in [-0.3, -0.25) is 9.59 Å². The number of hydrogen-bond donors (Lipinski definition) is 0. The van der Waals surface area contributed by atoms with Crippen LogP contribution in [0.15, 0.2) is 18.2 Å². The molecule has 0 N–H and O–H groups in total. The van der Waals surface area contributed by atoms with E-state index in [0.717, 1.165) is 31.2 Å². The van der Waals surface area contributed by atoms with E-state index >= 15 is 0 Å². The van der Waals surface area contributed by atoms with Crippen molar-refractivity contribution in [1.82, 2.24) is 0 Å². The molecule has 1 saturated carbocycles. The Hall–Kier alpha value is -1.44. The minimum absolute atomic E-state index is 0.0714. The third-order valence-corrected chi connectivity index (χ3v) is 4.30. The summed E-state index contributed by atoms with van der Waals surface area (Å²) in [6.07, 6.45) is 6.14. The summed E-state index contributed by atoms with van der Waals surface area (Å²) in [5.74, 6) is 0.632. The average Bonchev–Trinajstić information content (AvgIpc) is 2.86. The van der Waals surface area contributed by atoms with Crippen LogP contribution < -0.4 is 0 Å².